The van der Waals surface area contributed by atoms with Gasteiger partial charge in [0.1, 0.15) is 5.75 Å². The van der Waals surface area contributed by atoms with Crippen LogP contribution in [0.3, 0.4) is 0 Å². The Morgan fingerprint density at radius 3 is 2.59 bits per heavy atom. The molecule has 0 heterocycles. The Labute approximate surface area is 102 Å². The Kier molecular flexibility index (Phi) is 6.29. The molecule has 0 saturated heterocycles. The van der Waals surface area contributed by atoms with Crippen LogP contribution in [0.5, 0.6) is 5.75 Å². The second kappa shape index (κ2) is 7.81. The quantitative estimate of drug-likeness (QED) is 0.550. The van der Waals surface area contributed by atoms with Crippen LogP contribution in [0.2, 0.25) is 0 Å². The number of nitrogens with one attached hydrogen (secondary N) is 1. The lowest BCUT2D eigenvalue weighted by Crippen LogP contribution is -2.26. The molecule has 4 heteroatoms. The number of hydrogen-bond acceptors (Lipinski definition) is 4. The first-order valence-corrected chi connectivity index (χ1v) is 5.73. The molecule has 1 aromatic rings. The minimum Gasteiger partial charge on any atom is -0.494 e. The summed E-state index contributed by atoms with van der Waals surface area (Å²) < 4.78 is 10.2. The molecular formula is C13H19NO3. The summed E-state index contributed by atoms with van der Waals surface area (Å²) in [4.78, 5) is 11.7. The van der Waals surface area contributed by atoms with Gasteiger partial charge in [-0.15, -0.1) is 0 Å². The molecule has 1 N–H and O–H groups in total. The average Bonchev–Trinajstić information content (AvgIpc) is 2.36. The van der Waals surface area contributed by atoms with Gasteiger partial charge in [-0.3, -0.25) is 4.79 Å². The largest absolute Gasteiger partial charge is 0.494 e. The summed E-state index contributed by atoms with van der Waals surface area (Å²) in [7, 11) is 1.63. The van der Waals surface area contributed by atoms with Crippen LogP contribution < -0.4 is 10.1 Å². The monoisotopic (exact) mass is 237 g/mol. The summed E-state index contributed by atoms with van der Waals surface area (Å²) in [5.41, 5.74) is 0.693. The van der Waals surface area contributed by atoms with E-state index in [9.17, 15) is 4.79 Å². The summed E-state index contributed by atoms with van der Waals surface area (Å²) >= 11 is 0. The lowest BCUT2D eigenvalue weighted by Gasteiger charge is -2.05. The fourth-order valence-corrected chi connectivity index (χ4v) is 1.38. The lowest BCUT2D eigenvalue weighted by atomic mass is 10.1. The number of hydrogen-bond donors (Lipinski definition) is 1. The molecular weight excluding hydrogens is 218 g/mol. The third kappa shape index (κ3) is 4.97. The van der Waals surface area contributed by atoms with Gasteiger partial charge in [0.05, 0.1) is 19.8 Å². The second-order valence-electron chi connectivity index (χ2n) is 3.55. The normalized spacial score (nSPS) is 10.2. The molecule has 1 rings (SSSR count). The van der Waals surface area contributed by atoms with Crippen molar-refractivity contribution in [2.24, 2.45) is 0 Å². The van der Waals surface area contributed by atoms with Crippen molar-refractivity contribution in [3.8, 4) is 5.75 Å². The predicted octanol–water partition coefficient (Wildman–Crippen LogP) is 1.50. The van der Waals surface area contributed by atoms with E-state index in [1.807, 2.05) is 19.1 Å². The Morgan fingerprint density at radius 2 is 2.00 bits per heavy atom. The maximum absolute atomic E-state index is 11.7. The standard InChI is InChI=1S/C13H19NO3/c1-3-17-12-6-4-11(5-7-12)13(15)10-14-8-9-16-2/h4-7,14H,3,8-10H2,1-2H3. The number of ketones is 1. The fourth-order valence-electron chi connectivity index (χ4n) is 1.38. The average molecular weight is 237 g/mol. The number of rotatable bonds is 8. The Morgan fingerprint density at radius 1 is 1.29 bits per heavy atom. The van der Waals surface area contributed by atoms with Gasteiger partial charge in [-0.05, 0) is 31.2 Å². The van der Waals surface area contributed by atoms with Crippen LogP contribution in [-0.2, 0) is 4.74 Å². The minimum atomic E-state index is 0.0733. The van der Waals surface area contributed by atoms with Gasteiger partial charge in [-0.1, -0.05) is 0 Å². The smallest absolute Gasteiger partial charge is 0.176 e. The van der Waals surface area contributed by atoms with Crippen LogP contribution in [0.25, 0.3) is 0 Å². The number of Topliss-reactive ketones (excluding diaryl/α,β-unsaturated/α-hetero) is 1. The van der Waals surface area contributed by atoms with E-state index in [1.165, 1.54) is 0 Å². The Balaban J connectivity index is 2.40. The van der Waals surface area contributed by atoms with Crippen LogP contribution in [-0.4, -0.2) is 39.2 Å². The van der Waals surface area contributed by atoms with E-state index in [1.54, 1.807) is 19.2 Å². The van der Waals surface area contributed by atoms with Crippen LogP contribution in [0.15, 0.2) is 24.3 Å². The van der Waals surface area contributed by atoms with Crippen LogP contribution in [0, 0.1) is 0 Å². The van der Waals surface area contributed by atoms with Gasteiger partial charge in [0.2, 0.25) is 0 Å². The van der Waals surface area contributed by atoms with Crippen molar-refractivity contribution in [3.63, 3.8) is 0 Å². The van der Waals surface area contributed by atoms with Gasteiger partial charge in [0.15, 0.2) is 5.78 Å². The van der Waals surface area contributed by atoms with Crippen molar-refractivity contribution in [2.75, 3.05) is 33.4 Å². The van der Waals surface area contributed by atoms with Crippen molar-refractivity contribution in [3.05, 3.63) is 29.8 Å². The minimum absolute atomic E-state index is 0.0733. The van der Waals surface area contributed by atoms with Crippen molar-refractivity contribution in [1.29, 1.82) is 0 Å². The topological polar surface area (TPSA) is 47.6 Å². The molecule has 0 fully saturated rings. The summed E-state index contributed by atoms with van der Waals surface area (Å²) in [6, 6.07) is 7.19. The third-order valence-corrected chi connectivity index (χ3v) is 2.26. The van der Waals surface area contributed by atoms with E-state index in [0.717, 1.165) is 5.75 Å². The first-order chi connectivity index (χ1) is 8.27. The maximum Gasteiger partial charge on any atom is 0.176 e. The number of carbonyl (C=O) groups is 1. The Bertz CT molecular complexity index is 335. The van der Waals surface area contributed by atoms with Crippen LogP contribution in [0.4, 0.5) is 0 Å². The zero-order chi connectivity index (χ0) is 12.5. The molecule has 0 spiro atoms. The first-order valence-electron chi connectivity index (χ1n) is 5.73. The molecule has 0 saturated carbocycles. The fraction of sp³-hybridized carbons (Fsp3) is 0.462. The van der Waals surface area contributed by atoms with E-state index in [-0.39, 0.29) is 5.78 Å². The van der Waals surface area contributed by atoms with Gasteiger partial charge in [0.25, 0.3) is 0 Å². The highest BCUT2D eigenvalue weighted by atomic mass is 16.5. The van der Waals surface area contributed by atoms with Crippen molar-refractivity contribution < 1.29 is 14.3 Å². The lowest BCUT2D eigenvalue weighted by molar-refractivity contribution is 0.0987. The summed E-state index contributed by atoms with van der Waals surface area (Å²) in [6.07, 6.45) is 0. The summed E-state index contributed by atoms with van der Waals surface area (Å²) in [5.74, 6) is 0.862. The van der Waals surface area contributed by atoms with Crippen molar-refractivity contribution >= 4 is 5.78 Å². The van der Waals surface area contributed by atoms with Gasteiger partial charge in [0, 0.05) is 19.2 Å². The molecule has 1 aromatic carbocycles. The highest BCUT2D eigenvalue weighted by Gasteiger charge is 2.04. The molecule has 4 nitrogen and oxygen atoms in total. The summed E-state index contributed by atoms with van der Waals surface area (Å²) in [5, 5.41) is 3.02. The third-order valence-electron chi connectivity index (χ3n) is 2.26. The molecule has 94 valence electrons. The number of benzene rings is 1. The number of ether oxygens (including phenoxy) is 2. The summed E-state index contributed by atoms with van der Waals surface area (Å²) in [6.45, 7) is 4.18. The zero-order valence-corrected chi connectivity index (χ0v) is 10.4. The first kappa shape index (κ1) is 13.7. The molecule has 17 heavy (non-hydrogen) atoms. The van der Waals surface area contributed by atoms with E-state index < -0.39 is 0 Å². The SMILES string of the molecule is CCOc1ccc(C(=O)CNCCOC)cc1. The maximum atomic E-state index is 11.7. The van der Waals surface area contributed by atoms with Crippen molar-refractivity contribution in [1.82, 2.24) is 5.32 Å². The highest BCUT2D eigenvalue weighted by Crippen LogP contribution is 2.12. The zero-order valence-electron chi connectivity index (χ0n) is 10.4. The van der Waals surface area contributed by atoms with Crippen LogP contribution >= 0.6 is 0 Å². The van der Waals surface area contributed by atoms with Gasteiger partial charge in [-0.25, -0.2) is 0 Å². The molecule has 0 radical (unpaired) electrons. The number of carbonyl (C=O) groups excluding carboxylic acids is 1. The van der Waals surface area contributed by atoms with E-state index in [2.05, 4.69) is 5.32 Å². The molecule has 0 unspecified atom stereocenters. The van der Waals surface area contributed by atoms with E-state index >= 15 is 0 Å². The molecule has 0 amide bonds. The number of methoxy groups -OCH3 is 1. The van der Waals surface area contributed by atoms with Gasteiger partial charge >= 0.3 is 0 Å². The molecule has 0 atom stereocenters. The molecule has 0 aliphatic carbocycles. The molecule has 0 bridgehead atoms. The molecule has 0 aromatic heterocycles. The molecule has 0 aliphatic rings. The molecule has 0 aliphatic heterocycles. The van der Waals surface area contributed by atoms with E-state index in [0.29, 0.717) is 31.9 Å². The second-order valence-corrected chi connectivity index (χ2v) is 3.55. The Hall–Kier alpha value is -1.39. The predicted molar refractivity (Wildman–Crippen MR) is 66.7 cm³/mol. The van der Waals surface area contributed by atoms with Crippen LogP contribution in [0.1, 0.15) is 17.3 Å². The van der Waals surface area contributed by atoms with Crippen molar-refractivity contribution in [2.45, 2.75) is 6.92 Å². The van der Waals surface area contributed by atoms with Gasteiger partial charge in [-0.2, -0.15) is 0 Å². The highest BCUT2D eigenvalue weighted by molar-refractivity contribution is 5.97. The van der Waals surface area contributed by atoms with E-state index in [4.69, 9.17) is 9.47 Å². The van der Waals surface area contributed by atoms with Gasteiger partial charge < -0.3 is 14.8 Å².